The van der Waals surface area contributed by atoms with Crippen molar-refractivity contribution in [2.45, 2.75) is 0 Å². The fraction of sp³-hybridized carbons (Fsp3) is 0. The molecule has 0 saturated heterocycles. The Labute approximate surface area is 179 Å². The van der Waals surface area contributed by atoms with Crippen molar-refractivity contribution in [3.8, 4) is 18.0 Å². The number of nitrogens with zero attached hydrogens (tertiary/aromatic N) is 2. The lowest BCUT2D eigenvalue weighted by atomic mass is 10.0. The average Bonchev–Trinajstić information content (AvgIpc) is 2.83. The maximum absolute atomic E-state index is 13.4. The number of para-hydroxylation sites is 1. The van der Waals surface area contributed by atoms with Gasteiger partial charge in [-0.2, -0.15) is 0 Å². The van der Waals surface area contributed by atoms with Gasteiger partial charge in [-0.1, -0.05) is 66.6 Å². The van der Waals surface area contributed by atoms with Gasteiger partial charge in [0.05, 0.1) is 16.6 Å². The van der Waals surface area contributed by atoms with Gasteiger partial charge in [0.1, 0.15) is 5.82 Å². The first-order valence-electron chi connectivity index (χ1n) is 9.99. The highest BCUT2D eigenvalue weighted by Gasteiger charge is 2.11. The van der Waals surface area contributed by atoms with Gasteiger partial charge in [0.25, 0.3) is 5.56 Å². The molecule has 0 aliphatic heterocycles. The van der Waals surface area contributed by atoms with Crippen LogP contribution in [0.4, 0.5) is 0 Å². The standard InChI is InChI=1S/C28H18N2O/c1-2-20-14-17-23(18-15-20)30-27(29-26-13-6-5-12-25(26)28(30)31)19-16-22-10-7-9-21-8-3-4-11-24(21)22/h1,3-19H/b19-16+. The summed E-state index contributed by atoms with van der Waals surface area (Å²) in [7, 11) is 0. The third-order valence-corrected chi connectivity index (χ3v) is 5.33. The minimum absolute atomic E-state index is 0.114. The summed E-state index contributed by atoms with van der Waals surface area (Å²) in [6, 6.07) is 29.2. The van der Waals surface area contributed by atoms with E-state index >= 15 is 0 Å². The lowest BCUT2D eigenvalue weighted by molar-refractivity contribution is 0.944. The van der Waals surface area contributed by atoms with Crippen LogP contribution in [0.2, 0.25) is 0 Å². The van der Waals surface area contributed by atoms with Crippen molar-refractivity contribution in [3.63, 3.8) is 0 Å². The van der Waals surface area contributed by atoms with Gasteiger partial charge in [0.15, 0.2) is 0 Å². The molecule has 146 valence electrons. The highest BCUT2D eigenvalue weighted by Crippen LogP contribution is 2.21. The summed E-state index contributed by atoms with van der Waals surface area (Å²) in [5, 5.41) is 2.89. The Kier molecular flexibility index (Phi) is 4.67. The van der Waals surface area contributed by atoms with Crippen LogP contribution in [0.15, 0.2) is 95.8 Å². The molecule has 0 fully saturated rings. The van der Waals surface area contributed by atoms with Crippen LogP contribution < -0.4 is 5.56 Å². The monoisotopic (exact) mass is 398 g/mol. The predicted molar refractivity (Wildman–Crippen MR) is 128 cm³/mol. The van der Waals surface area contributed by atoms with E-state index in [1.807, 2.05) is 72.8 Å². The normalized spacial score (nSPS) is 11.2. The molecule has 0 radical (unpaired) electrons. The average molecular weight is 398 g/mol. The smallest absolute Gasteiger partial charge is 0.266 e. The van der Waals surface area contributed by atoms with Crippen LogP contribution in [-0.2, 0) is 0 Å². The van der Waals surface area contributed by atoms with E-state index in [2.05, 4.69) is 30.2 Å². The van der Waals surface area contributed by atoms with Gasteiger partial charge in [0.2, 0.25) is 0 Å². The Balaban J connectivity index is 1.72. The Bertz CT molecular complexity index is 1550. The van der Waals surface area contributed by atoms with Crippen molar-refractivity contribution in [3.05, 3.63) is 118 Å². The molecule has 0 aliphatic rings. The summed E-state index contributed by atoms with van der Waals surface area (Å²) in [5.41, 5.74) is 3.10. The van der Waals surface area contributed by atoms with E-state index < -0.39 is 0 Å². The summed E-state index contributed by atoms with van der Waals surface area (Å²) in [6.45, 7) is 0. The molecule has 4 aromatic carbocycles. The quantitative estimate of drug-likeness (QED) is 0.366. The van der Waals surface area contributed by atoms with Gasteiger partial charge in [0, 0.05) is 5.56 Å². The van der Waals surface area contributed by atoms with E-state index in [0.29, 0.717) is 16.7 Å². The number of hydrogen-bond acceptors (Lipinski definition) is 2. The molecule has 1 heterocycles. The molecule has 0 N–H and O–H groups in total. The lowest BCUT2D eigenvalue weighted by Crippen LogP contribution is -2.22. The number of rotatable bonds is 3. The lowest BCUT2D eigenvalue weighted by Gasteiger charge is -2.12. The van der Waals surface area contributed by atoms with Crippen molar-refractivity contribution in [1.82, 2.24) is 9.55 Å². The summed E-state index contributed by atoms with van der Waals surface area (Å²) < 4.78 is 1.63. The fourth-order valence-electron chi connectivity index (χ4n) is 3.78. The minimum Gasteiger partial charge on any atom is -0.268 e. The molecule has 0 unspecified atom stereocenters. The van der Waals surface area contributed by atoms with Gasteiger partial charge in [-0.25, -0.2) is 4.98 Å². The first-order valence-corrected chi connectivity index (χ1v) is 9.99. The van der Waals surface area contributed by atoms with Crippen LogP contribution in [0.3, 0.4) is 0 Å². The number of benzene rings is 4. The van der Waals surface area contributed by atoms with E-state index in [1.165, 1.54) is 5.39 Å². The third-order valence-electron chi connectivity index (χ3n) is 5.33. The molecule has 0 aliphatic carbocycles. The molecular formula is C28H18N2O. The maximum atomic E-state index is 13.4. The molecule has 3 nitrogen and oxygen atoms in total. The van der Waals surface area contributed by atoms with Gasteiger partial charge >= 0.3 is 0 Å². The number of aromatic nitrogens is 2. The number of terminal acetylenes is 1. The second kappa shape index (κ2) is 7.78. The Morgan fingerprint density at radius 1 is 0.774 bits per heavy atom. The van der Waals surface area contributed by atoms with Crippen LogP contribution in [0, 0.1) is 12.3 Å². The first-order chi connectivity index (χ1) is 15.2. The van der Waals surface area contributed by atoms with Crippen LogP contribution in [0.5, 0.6) is 0 Å². The second-order valence-corrected chi connectivity index (χ2v) is 7.22. The van der Waals surface area contributed by atoms with Crippen LogP contribution >= 0.6 is 0 Å². The van der Waals surface area contributed by atoms with Crippen molar-refractivity contribution < 1.29 is 0 Å². The molecule has 5 aromatic rings. The maximum Gasteiger partial charge on any atom is 0.266 e. The van der Waals surface area contributed by atoms with Crippen molar-refractivity contribution in [1.29, 1.82) is 0 Å². The second-order valence-electron chi connectivity index (χ2n) is 7.22. The van der Waals surface area contributed by atoms with Gasteiger partial charge in [-0.3, -0.25) is 9.36 Å². The van der Waals surface area contributed by atoms with Crippen LogP contribution in [0.1, 0.15) is 17.0 Å². The minimum atomic E-state index is -0.114. The molecule has 0 bridgehead atoms. The molecule has 1 aromatic heterocycles. The highest BCUT2D eigenvalue weighted by atomic mass is 16.1. The summed E-state index contributed by atoms with van der Waals surface area (Å²) >= 11 is 0. The van der Waals surface area contributed by atoms with Gasteiger partial charge < -0.3 is 0 Å². The largest absolute Gasteiger partial charge is 0.268 e. The molecule has 3 heteroatoms. The van der Waals surface area contributed by atoms with Crippen molar-refractivity contribution in [2.24, 2.45) is 0 Å². The van der Waals surface area contributed by atoms with E-state index in [4.69, 9.17) is 11.4 Å². The van der Waals surface area contributed by atoms with E-state index in [-0.39, 0.29) is 5.56 Å². The third kappa shape index (κ3) is 3.41. The summed E-state index contributed by atoms with van der Waals surface area (Å²) in [6.07, 6.45) is 9.39. The molecule has 5 rings (SSSR count). The zero-order valence-electron chi connectivity index (χ0n) is 16.7. The van der Waals surface area contributed by atoms with E-state index in [1.54, 1.807) is 10.6 Å². The van der Waals surface area contributed by atoms with Gasteiger partial charge in [-0.05, 0) is 58.8 Å². The predicted octanol–water partition coefficient (Wildman–Crippen LogP) is 5.69. The molecule has 0 amide bonds. The SMILES string of the molecule is C#Cc1ccc(-n2c(/C=C/c3cccc4ccccc34)nc3ccccc3c2=O)cc1. The topological polar surface area (TPSA) is 34.9 Å². The molecule has 0 atom stereocenters. The fourth-order valence-corrected chi connectivity index (χ4v) is 3.78. The van der Waals surface area contributed by atoms with Crippen molar-refractivity contribution >= 4 is 33.8 Å². The molecule has 0 saturated carbocycles. The number of fused-ring (bicyclic) bond motifs is 2. The molecule has 31 heavy (non-hydrogen) atoms. The van der Waals surface area contributed by atoms with E-state index in [0.717, 1.165) is 22.2 Å². The number of hydrogen-bond donors (Lipinski definition) is 0. The molecule has 0 spiro atoms. The zero-order valence-corrected chi connectivity index (χ0v) is 16.7. The highest BCUT2D eigenvalue weighted by molar-refractivity contribution is 5.92. The summed E-state index contributed by atoms with van der Waals surface area (Å²) in [5.74, 6) is 3.17. The first kappa shape index (κ1) is 18.6. The van der Waals surface area contributed by atoms with E-state index in [9.17, 15) is 4.79 Å². The van der Waals surface area contributed by atoms with Crippen molar-refractivity contribution in [2.75, 3.05) is 0 Å². The van der Waals surface area contributed by atoms with Gasteiger partial charge in [-0.15, -0.1) is 6.42 Å². The Morgan fingerprint density at radius 3 is 2.29 bits per heavy atom. The zero-order chi connectivity index (χ0) is 21.2. The van der Waals surface area contributed by atoms with Crippen LogP contribution in [-0.4, -0.2) is 9.55 Å². The molecular weight excluding hydrogens is 380 g/mol. The summed E-state index contributed by atoms with van der Waals surface area (Å²) in [4.78, 5) is 18.2. The Morgan fingerprint density at radius 2 is 1.48 bits per heavy atom. The Hall–Kier alpha value is -4.42. The van der Waals surface area contributed by atoms with Crippen LogP contribution in [0.25, 0.3) is 39.5 Å².